The normalized spacial score (nSPS) is 22.5. The molecule has 0 aromatic rings. The summed E-state index contributed by atoms with van der Waals surface area (Å²) in [6.07, 6.45) is 6.94. The van der Waals surface area contributed by atoms with Gasteiger partial charge in [0.1, 0.15) is 0 Å². The van der Waals surface area contributed by atoms with Gasteiger partial charge in [-0.1, -0.05) is 33.6 Å². The van der Waals surface area contributed by atoms with Gasteiger partial charge in [0.05, 0.1) is 6.54 Å². The standard InChI is InChI=1S/C21H41N5O.HI/c1-5-20(27)26-14-11-18(16-26)24-21(22-6-2)23-15-19(17(3)4)25-12-9-7-8-10-13-25;/h17-19H,5-16H2,1-4H3,(H2,22,23,24);1H. The van der Waals surface area contributed by atoms with Gasteiger partial charge in [-0.15, -0.1) is 24.0 Å². The summed E-state index contributed by atoms with van der Waals surface area (Å²) in [6, 6.07) is 0.800. The van der Waals surface area contributed by atoms with E-state index in [1.54, 1.807) is 0 Å². The Bertz CT molecular complexity index is 477. The van der Waals surface area contributed by atoms with E-state index in [0.29, 0.717) is 24.4 Å². The van der Waals surface area contributed by atoms with Crippen molar-refractivity contribution in [1.29, 1.82) is 0 Å². The van der Waals surface area contributed by atoms with Crippen molar-refractivity contribution in [2.75, 3.05) is 39.3 Å². The van der Waals surface area contributed by atoms with E-state index in [2.05, 4.69) is 36.3 Å². The predicted molar refractivity (Wildman–Crippen MR) is 128 cm³/mol. The molecule has 0 aromatic heterocycles. The molecule has 28 heavy (non-hydrogen) atoms. The minimum atomic E-state index is 0. The number of rotatable bonds is 7. The number of hydrogen-bond donors (Lipinski definition) is 2. The van der Waals surface area contributed by atoms with Gasteiger partial charge < -0.3 is 15.5 Å². The molecule has 0 saturated carbocycles. The van der Waals surface area contributed by atoms with Crippen LogP contribution in [0.4, 0.5) is 0 Å². The van der Waals surface area contributed by atoms with Crippen molar-refractivity contribution >= 4 is 35.8 Å². The van der Waals surface area contributed by atoms with E-state index in [0.717, 1.165) is 38.6 Å². The molecule has 2 aliphatic rings. The molecule has 2 saturated heterocycles. The van der Waals surface area contributed by atoms with Crippen LogP contribution in [0.5, 0.6) is 0 Å². The minimum absolute atomic E-state index is 0. The van der Waals surface area contributed by atoms with Crippen molar-refractivity contribution in [1.82, 2.24) is 20.4 Å². The molecule has 7 heteroatoms. The van der Waals surface area contributed by atoms with Gasteiger partial charge in [0.15, 0.2) is 5.96 Å². The lowest BCUT2D eigenvalue weighted by atomic mass is 10.0. The van der Waals surface area contributed by atoms with E-state index in [9.17, 15) is 4.79 Å². The van der Waals surface area contributed by atoms with Gasteiger partial charge in [-0.3, -0.25) is 14.7 Å². The summed E-state index contributed by atoms with van der Waals surface area (Å²) >= 11 is 0. The Morgan fingerprint density at radius 2 is 1.79 bits per heavy atom. The van der Waals surface area contributed by atoms with Gasteiger partial charge in [0.2, 0.25) is 5.91 Å². The molecule has 2 atom stereocenters. The molecule has 0 bridgehead atoms. The molecule has 6 nitrogen and oxygen atoms in total. The maximum absolute atomic E-state index is 11.9. The van der Waals surface area contributed by atoms with Crippen LogP contribution in [-0.4, -0.2) is 73.0 Å². The van der Waals surface area contributed by atoms with Crippen molar-refractivity contribution in [3.05, 3.63) is 0 Å². The monoisotopic (exact) mass is 507 g/mol. The zero-order chi connectivity index (χ0) is 19.6. The zero-order valence-electron chi connectivity index (χ0n) is 18.4. The van der Waals surface area contributed by atoms with Gasteiger partial charge in [-0.2, -0.15) is 0 Å². The molecule has 164 valence electrons. The summed E-state index contributed by atoms with van der Waals surface area (Å²) in [5.74, 6) is 1.75. The van der Waals surface area contributed by atoms with Crippen molar-refractivity contribution in [2.24, 2.45) is 10.9 Å². The van der Waals surface area contributed by atoms with Gasteiger partial charge in [-0.25, -0.2) is 0 Å². The first-order valence-electron chi connectivity index (χ1n) is 11.1. The Morgan fingerprint density at radius 1 is 1.11 bits per heavy atom. The Morgan fingerprint density at radius 3 is 2.36 bits per heavy atom. The highest BCUT2D eigenvalue weighted by Crippen LogP contribution is 2.18. The van der Waals surface area contributed by atoms with Crippen molar-refractivity contribution in [2.45, 2.75) is 78.3 Å². The van der Waals surface area contributed by atoms with Crippen molar-refractivity contribution in [3.8, 4) is 0 Å². The van der Waals surface area contributed by atoms with E-state index in [-0.39, 0.29) is 29.9 Å². The topological polar surface area (TPSA) is 60.0 Å². The Kier molecular flexibility index (Phi) is 12.4. The SMILES string of the molecule is CCNC(=NCC(C(C)C)N1CCCCCC1)NC1CCN(C(=O)CC)C1.I. The van der Waals surface area contributed by atoms with Crippen LogP contribution in [-0.2, 0) is 4.79 Å². The summed E-state index contributed by atoms with van der Waals surface area (Å²) in [5.41, 5.74) is 0. The molecule has 2 aliphatic heterocycles. The fourth-order valence-electron chi connectivity index (χ4n) is 4.20. The number of aliphatic imine (C=N–C) groups is 1. The highest BCUT2D eigenvalue weighted by Gasteiger charge is 2.26. The fourth-order valence-corrected chi connectivity index (χ4v) is 4.20. The second-order valence-electron chi connectivity index (χ2n) is 8.30. The molecule has 0 aliphatic carbocycles. The van der Waals surface area contributed by atoms with Crippen LogP contribution in [0.15, 0.2) is 4.99 Å². The summed E-state index contributed by atoms with van der Waals surface area (Å²) in [5, 5.41) is 6.96. The molecular weight excluding hydrogens is 465 g/mol. The molecule has 0 aromatic carbocycles. The number of carbonyl (C=O) groups is 1. The molecule has 2 heterocycles. The Hall–Kier alpha value is -0.570. The maximum Gasteiger partial charge on any atom is 0.222 e. The lowest BCUT2D eigenvalue weighted by Crippen LogP contribution is -2.47. The average molecular weight is 508 g/mol. The first kappa shape index (κ1) is 25.5. The van der Waals surface area contributed by atoms with E-state index in [4.69, 9.17) is 4.99 Å². The summed E-state index contributed by atoms with van der Waals surface area (Å²) in [7, 11) is 0. The van der Waals surface area contributed by atoms with Crippen LogP contribution in [0, 0.1) is 5.92 Å². The van der Waals surface area contributed by atoms with Crippen LogP contribution in [0.3, 0.4) is 0 Å². The number of amides is 1. The van der Waals surface area contributed by atoms with Crippen LogP contribution < -0.4 is 10.6 Å². The molecular formula is C21H42IN5O. The van der Waals surface area contributed by atoms with Crippen LogP contribution in [0.2, 0.25) is 0 Å². The van der Waals surface area contributed by atoms with Gasteiger partial charge >= 0.3 is 0 Å². The number of nitrogens with one attached hydrogen (secondary N) is 2. The lowest BCUT2D eigenvalue weighted by molar-refractivity contribution is -0.129. The third-order valence-electron chi connectivity index (χ3n) is 5.84. The van der Waals surface area contributed by atoms with Crippen LogP contribution in [0.1, 0.15) is 66.2 Å². The van der Waals surface area contributed by atoms with Gasteiger partial charge in [0, 0.05) is 38.1 Å². The summed E-state index contributed by atoms with van der Waals surface area (Å²) in [4.78, 5) is 21.5. The third kappa shape index (κ3) is 8.05. The van der Waals surface area contributed by atoms with E-state index in [1.807, 2.05) is 11.8 Å². The summed E-state index contributed by atoms with van der Waals surface area (Å²) < 4.78 is 0. The molecule has 2 unspecified atom stereocenters. The average Bonchev–Trinajstić information content (AvgIpc) is 2.95. The number of carbonyl (C=O) groups excluding carboxylic acids is 1. The van der Waals surface area contributed by atoms with Gasteiger partial charge in [-0.05, 0) is 45.2 Å². The molecule has 0 radical (unpaired) electrons. The first-order valence-corrected chi connectivity index (χ1v) is 11.1. The Labute approximate surface area is 189 Å². The molecule has 0 spiro atoms. The van der Waals surface area contributed by atoms with Crippen molar-refractivity contribution < 1.29 is 4.79 Å². The number of likely N-dealkylation sites (tertiary alicyclic amines) is 2. The second kappa shape index (κ2) is 13.6. The van der Waals surface area contributed by atoms with E-state index in [1.165, 1.54) is 38.8 Å². The highest BCUT2D eigenvalue weighted by atomic mass is 127. The fraction of sp³-hybridized carbons (Fsp3) is 0.905. The second-order valence-corrected chi connectivity index (χ2v) is 8.30. The molecule has 2 N–H and O–H groups in total. The third-order valence-corrected chi connectivity index (χ3v) is 5.84. The number of halogens is 1. The zero-order valence-corrected chi connectivity index (χ0v) is 20.7. The highest BCUT2D eigenvalue weighted by molar-refractivity contribution is 14.0. The molecule has 2 fully saturated rings. The lowest BCUT2D eigenvalue weighted by Gasteiger charge is -2.32. The van der Waals surface area contributed by atoms with Crippen LogP contribution in [0.25, 0.3) is 0 Å². The molecule has 1 amide bonds. The smallest absolute Gasteiger partial charge is 0.222 e. The number of hydrogen-bond acceptors (Lipinski definition) is 3. The van der Waals surface area contributed by atoms with Crippen molar-refractivity contribution in [3.63, 3.8) is 0 Å². The minimum Gasteiger partial charge on any atom is -0.357 e. The number of nitrogens with zero attached hydrogens (tertiary/aromatic N) is 3. The molecule has 2 rings (SSSR count). The van der Waals surface area contributed by atoms with E-state index < -0.39 is 0 Å². The summed E-state index contributed by atoms with van der Waals surface area (Å²) in [6.45, 7) is 14.4. The largest absolute Gasteiger partial charge is 0.357 e. The first-order chi connectivity index (χ1) is 13.0. The maximum atomic E-state index is 11.9. The Balaban J connectivity index is 0.00000392. The van der Waals surface area contributed by atoms with Crippen LogP contribution >= 0.6 is 24.0 Å². The van der Waals surface area contributed by atoms with Gasteiger partial charge in [0.25, 0.3) is 0 Å². The number of guanidine groups is 1. The quantitative estimate of drug-likeness (QED) is 0.316. The van der Waals surface area contributed by atoms with E-state index >= 15 is 0 Å². The predicted octanol–water partition coefficient (Wildman–Crippen LogP) is 3.07.